The first kappa shape index (κ1) is 13.8. The van der Waals surface area contributed by atoms with Crippen LogP contribution in [0.2, 0.25) is 0 Å². The molecule has 2 aromatic rings. The molecule has 0 saturated heterocycles. The number of fused-ring (bicyclic) bond motifs is 1. The molecule has 0 fully saturated rings. The zero-order chi connectivity index (χ0) is 14.0. The summed E-state index contributed by atoms with van der Waals surface area (Å²) in [6.07, 6.45) is 1.93. The van der Waals surface area contributed by atoms with Gasteiger partial charge in [0.15, 0.2) is 4.96 Å². The number of amides is 1. The van der Waals surface area contributed by atoms with Crippen molar-refractivity contribution in [2.45, 2.75) is 26.4 Å². The molecule has 0 saturated carbocycles. The second-order valence-electron chi connectivity index (χ2n) is 4.63. The summed E-state index contributed by atoms with van der Waals surface area (Å²) in [6, 6.07) is -0.367. The molecule has 104 valence electrons. The Balaban J connectivity index is 2.20. The molecule has 3 N–H and O–H groups in total. The Morgan fingerprint density at radius 1 is 1.63 bits per heavy atom. The van der Waals surface area contributed by atoms with Gasteiger partial charge in [0.1, 0.15) is 5.69 Å². The van der Waals surface area contributed by atoms with Gasteiger partial charge in [0.2, 0.25) is 11.8 Å². The number of aromatic nitrogens is 2. The minimum absolute atomic E-state index is 0.134. The van der Waals surface area contributed by atoms with Gasteiger partial charge in [-0.3, -0.25) is 14.5 Å². The number of carbonyl (C=O) groups is 1. The topological polar surface area (TPSA) is 81.7 Å². The van der Waals surface area contributed by atoms with Crippen LogP contribution in [-0.2, 0) is 11.3 Å². The number of hydrogen-bond donors (Lipinski definition) is 2. The van der Waals surface area contributed by atoms with Gasteiger partial charge in [-0.05, 0) is 5.92 Å². The normalized spacial score (nSPS) is 13.1. The van der Waals surface area contributed by atoms with Crippen LogP contribution in [0.25, 0.3) is 4.96 Å². The Hall–Kier alpha value is -1.60. The summed E-state index contributed by atoms with van der Waals surface area (Å²) in [5.74, 6) is 0.362. The lowest BCUT2D eigenvalue weighted by atomic mass is 10.0. The van der Waals surface area contributed by atoms with E-state index in [2.05, 4.69) is 10.3 Å². The van der Waals surface area contributed by atoms with Crippen molar-refractivity contribution in [3.8, 4) is 5.88 Å². The second-order valence-corrected chi connectivity index (χ2v) is 5.50. The molecule has 1 unspecified atom stereocenters. The highest BCUT2D eigenvalue weighted by Gasteiger charge is 2.21. The molecule has 0 aliphatic heterocycles. The Bertz CT molecular complexity index is 575. The summed E-state index contributed by atoms with van der Waals surface area (Å²) in [6.45, 7) is 4.39. The van der Waals surface area contributed by atoms with Crippen LogP contribution in [0, 0.1) is 5.92 Å². The van der Waals surface area contributed by atoms with Gasteiger partial charge >= 0.3 is 0 Å². The molecule has 0 radical (unpaired) electrons. The number of nitrogens with two attached hydrogens (primary N) is 1. The first-order valence-electron chi connectivity index (χ1n) is 6.05. The summed E-state index contributed by atoms with van der Waals surface area (Å²) in [5.41, 5.74) is 6.28. The van der Waals surface area contributed by atoms with Crippen LogP contribution < -0.4 is 15.8 Å². The van der Waals surface area contributed by atoms with Gasteiger partial charge in [0.05, 0.1) is 13.2 Å². The fourth-order valence-electron chi connectivity index (χ4n) is 2.01. The first-order valence-corrected chi connectivity index (χ1v) is 6.93. The maximum absolute atomic E-state index is 11.4. The van der Waals surface area contributed by atoms with E-state index in [4.69, 9.17) is 10.5 Å². The van der Waals surface area contributed by atoms with E-state index in [0.29, 0.717) is 12.4 Å². The quantitative estimate of drug-likeness (QED) is 0.828. The number of rotatable bonds is 6. The van der Waals surface area contributed by atoms with Crippen LogP contribution in [0.5, 0.6) is 5.88 Å². The monoisotopic (exact) mass is 282 g/mol. The predicted octanol–water partition coefficient (Wildman–Crippen LogP) is 1.00. The van der Waals surface area contributed by atoms with Crippen molar-refractivity contribution in [3.63, 3.8) is 0 Å². The van der Waals surface area contributed by atoms with Crippen LogP contribution in [0.4, 0.5) is 0 Å². The van der Waals surface area contributed by atoms with Crippen molar-refractivity contribution < 1.29 is 9.53 Å². The third kappa shape index (κ3) is 2.71. The molecular weight excluding hydrogens is 264 g/mol. The van der Waals surface area contributed by atoms with E-state index in [1.807, 2.05) is 29.8 Å². The van der Waals surface area contributed by atoms with E-state index in [0.717, 1.165) is 10.7 Å². The average molecular weight is 282 g/mol. The Morgan fingerprint density at radius 2 is 2.37 bits per heavy atom. The molecule has 19 heavy (non-hydrogen) atoms. The highest BCUT2D eigenvalue weighted by atomic mass is 32.1. The molecule has 1 amide bonds. The highest BCUT2D eigenvalue weighted by Crippen LogP contribution is 2.23. The average Bonchev–Trinajstić information content (AvgIpc) is 2.89. The summed E-state index contributed by atoms with van der Waals surface area (Å²) >= 11 is 1.54. The maximum atomic E-state index is 11.4. The third-order valence-electron chi connectivity index (χ3n) is 2.98. The van der Waals surface area contributed by atoms with Crippen LogP contribution >= 0.6 is 11.3 Å². The van der Waals surface area contributed by atoms with Crippen molar-refractivity contribution in [1.82, 2.24) is 14.7 Å². The van der Waals surface area contributed by atoms with Crippen molar-refractivity contribution in [3.05, 3.63) is 17.3 Å². The van der Waals surface area contributed by atoms with E-state index >= 15 is 0 Å². The van der Waals surface area contributed by atoms with E-state index in [9.17, 15) is 4.79 Å². The fourth-order valence-corrected chi connectivity index (χ4v) is 2.73. The van der Waals surface area contributed by atoms with Crippen molar-refractivity contribution >= 4 is 22.2 Å². The number of imidazole rings is 1. The number of thiazole rings is 1. The molecule has 6 nitrogen and oxygen atoms in total. The predicted molar refractivity (Wildman–Crippen MR) is 74.3 cm³/mol. The van der Waals surface area contributed by atoms with Crippen LogP contribution in [0.15, 0.2) is 11.6 Å². The van der Waals surface area contributed by atoms with Crippen molar-refractivity contribution in [1.29, 1.82) is 0 Å². The summed E-state index contributed by atoms with van der Waals surface area (Å²) in [7, 11) is 1.59. The zero-order valence-corrected chi connectivity index (χ0v) is 12.0. The molecule has 0 spiro atoms. The molecule has 0 aromatic carbocycles. The number of primary amides is 1. The van der Waals surface area contributed by atoms with Crippen LogP contribution in [0.1, 0.15) is 19.5 Å². The van der Waals surface area contributed by atoms with Gasteiger partial charge < -0.3 is 10.5 Å². The Labute approximate surface area is 115 Å². The minimum Gasteiger partial charge on any atom is -0.480 e. The Morgan fingerprint density at radius 3 is 2.95 bits per heavy atom. The van der Waals surface area contributed by atoms with Crippen LogP contribution in [0.3, 0.4) is 0 Å². The summed E-state index contributed by atoms with van der Waals surface area (Å²) < 4.78 is 7.21. The molecule has 2 heterocycles. The maximum Gasteiger partial charge on any atom is 0.237 e. The van der Waals surface area contributed by atoms with Gasteiger partial charge in [-0.15, -0.1) is 11.3 Å². The number of carbonyl (C=O) groups excluding carboxylic acids is 1. The minimum atomic E-state index is -0.367. The van der Waals surface area contributed by atoms with Crippen LogP contribution in [-0.4, -0.2) is 28.4 Å². The molecular formula is C12H18N4O2S. The molecule has 7 heteroatoms. The third-order valence-corrected chi connectivity index (χ3v) is 3.74. The molecule has 2 rings (SSSR count). The van der Waals surface area contributed by atoms with Gasteiger partial charge in [-0.1, -0.05) is 13.8 Å². The summed E-state index contributed by atoms with van der Waals surface area (Å²) in [5, 5.41) is 5.12. The summed E-state index contributed by atoms with van der Waals surface area (Å²) in [4.78, 5) is 16.6. The van der Waals surface area contributed by atoms with Gasteiger partial charge in [0.25, 0.3) is 0 Å². The second kappa shape index (κ2) is 5.58. The number of nitrogens with one attached hydrogen (secondary N) is 1. The molecule has 2 aromatic heterocycles. The first-order chi connectivity index (χ1) is 9.04. The van der Waals surface area contributed by atoms with E-state index < -0.39 is 0 Å². The number of methoxy groups -OCH3 is 1. The van der Waals surface area contributed by atoms with Crippen molar-refractivity contribution in [2.24, 2.45) is 11.7 Å². The SMILES string of the molecule is COc1nc2sccn2c1CNC(C(N)=O)C(C)C. The number of hydrogen-bond acceptors (Lipinski definition) is 5. The fraction of sp³-hybridized carbons (Fsp3) is 0.500. The van der Waals surface area contributed by atoms with Gasteiger partial charge in [0, 0.05) is 18.1 Å². The zero-order valence-electron chi connectivity index (χ0n) is 11.2. The molecule has 0 aliphatic rings. The van der Waals surface area contributed by atoms with Crippen molar-refractivity contribution in [2.75, 3.05) is 7.11 Å². The smallest absolute Gasteiger partial charge is 0.237 e. The van der Waals surface area contributed by atoms with E-state index in [1.165, 1.54) is 11.3 Å². The highest BCUT2D eigenvalue weighted by molar-refractivity contribution is 7.15. The lowest BCUT2D eigenvalue weighted by Gasteiger charge is -2.18. The van der Waals surface area contributed by atoms with E-state index in [1.54, 1.807) is 7.11 Å². The van der Waals surface area contributed by atoms with Gasteiger partial charge in [-0.25, -0.2) is 0 Å². The van der Waals surface area contributed by atoms with Gasteiger partial charge in [-0.2, -0.15) is 4.98 Å². The molecule has 1 atom stereocenters. The lowest BCUT2D eigenvalue weighted by molar-refractivity contribution is -0.121. The number of ether oxygens (including phenoxy) is 1. The number of nitrogens with zero attached hydrogens (tertiary/aromatic N) is 2. The molecule has 0 bridgehead atoms. The molecule has 0 aliphatic carbocycles. The van der Waals surface area contributed by atoms with E-state index in [-0.39, 0.29) is 17.9 Å². The lowest BCUT2D eigenvalue weighted by Crippen LogP contribution is -2.44. The largest absolute Gasteiger partial charge is 0.480 e. The standard InChI is InChI=1S/C12H18N4O2S/c1-7(2)9(10(13)17)14-6-8-11(18-3)15-12-16(8)4-5-19-12/h4-5,7,9,14H,6H2,1-3H3,(H2,13,17). The Kier molecular flexibility index (Phi) is 4.06.